The maximum absolute atomic E-state index is 12.5. The van der Waals surface area contributed by atoms with Gasteiger partial charge in [0.2, 0.25) is 10.0 Å². The molecule has 0 spiro atoms. The molecule has 140 valence electrons. The number of hydrogen-bond donors (Lipinski definition) is 2. The molecule has 3 N–H and O–H groups in total. The third-order valence-corrected chi connectivity index (χ3v) is 6.31. The van der Waals surface area contributed by atoms with E-state index in [1.165, 1.54) is 28.6 Å². The first kappa shape index (κ1) is 19.9. The van der Waals surface area contributed by atoms with Gasteiger partial charge in [-0.15, -0.1) is 0 Å². The summed E-state index contributed by atoms with van der Waals surface area (Å²) < 4.78 is 26.3. The van der Waals surface area contributed by atoms with Gasteiger partial charge < -0.3 is 11.1 Å². The molecule has 0 atom stereocenters. The molecule has 0 aliphatic heterocycles. The first-order chi connectivity index (χ1) is 12.3. The summed E-state index contributed by atoms with van der Waals surface area (Å²) in [5.74, 6) is -0.319. The molecule has 1 amide bonds. The molecule has 0 aliphatic rings. The van der Waals surface area contributed by atoms with Crippen LogP contribution in [0.25, 0.3) is 0 Å². The average molecular weight is 375 g/mol. The number of nitrogens with one attached hydrogen (secondary N) is 1. The highest BCUT2D eigenvalue weighted by Gasteiger charge is 2.21. The number of amides is 1. The highest BCUT2D eigenvalue weighted by atomic mass is 32.2. The van der Waals surface area contributed by atoms with E-state index in [0.717, 1.165) is 12.0 Å². The Morgan fingerprint density at radius 3 is 2.15 bits per heavy atom. The summed E-state index contributed by atoms with van der Waals surface area (Å²) in [5.41, 5.74) is 8.58. The van der Waals surface area contributed by atoms with Crippen molar-refractivity contribution in [3.8, 4) is 0 Å². The van der Waals surface area contributed by atoms with Crippen molar-refractivity contribution >= 4 is 27.3 Å². The molecule has 0 bridgehead atoms. The van der Waals surface area contributed by atoms with Crippen LogP contribution in [0.2, 0.25) is 0 Å². The first-order valence-electron chi connectivity index (χ1n) is 8.63. The molecule has 7 heteroatoms. The number of nitrogens with two attached hydrogens (primary N) is 1. The quantitative estimate of drug-likeness (QED) is 0.727. The fourth-order valence-electron chi connectivity index (χ4n) is 2.69. The number of aryl methyl sites for hydroxylation is 1. The van der Waals surface area contributed by atoms with Gasteiger partial charge in [0.05, 0.1) is 4.90 Å². The molecular formula is C19H25N3O3S. The first-order valence-corrected chi connectivity index (χ1v) is 10.1. The van der Waals surface area contributed by atoms with Crippen LogP contribution >= 0.6 is 0 Å². The van der Waals surface area contributed by atoms with Crippen LogP contribution < -0.4 is 11.1 Å². The number of nitrogens with zero attached hydrogens (tertiary/aromatic N) is 1. The van der Waals surface area contributed by atoms with Crippen molar-refractivity contribution in [1.82, 2.24) is 4.31 Å². The van der Waals surface area contributed by atoms with Crippen molar-refractivity contribution < 1.29 is 13.2 Å². The lowest BCUT2D eigenvalue weighted by Crippen LogP contribution is -2.30. The Kier molecular flexibility index (Phi) is 6.39. The molecule has 0 heterocycles. The topological polar surface area (TPSA) is 92.5 Å². The molecule has 0 unspecified atom stereocenters. The van der Waals surface area contributed by atoms with Gasteiger partial charge in [-0.2, -0.15) is 4.31 Å². The minimum atomic E-state index is -3.53. The zero-order valence-corrected chi connectivity index (χ0v) is 16.1. The minimum absolute atomic E-state index is 0.175. The molecule has 2 aromatic rings. The Morgan fingerprint density at radius 2 is 1.65 bits per heavy atom. The van der Waals surface area contributed by atoms with Gasteiger partial charge in [0.1, 0.15) is 0 Å². The Balaban J connectivity index is 2.17. The van der Waals surface area contributed by atoms with Gasteiger partial charge in [-0.05, 0) is 48.4 Å². The maximum Gasteiger partial charge on any atom is 0.255 e. The number of nitrogen functional groups attached to an aromatic ring is 1. The largest absolute Gasteiger partial charge is 0.398 e. The summed E-state index contributed by atoms with van der Waals surface area (Å²) in [6.45, 7) is 6.39. The molecular weight excluding hydrogens is 350 g/mol. The van der Waals surface area contributed by atoms with Crippen LogP contribution in [0.3, 0.4) is 0 Å². The van der Waals surface area contributed by atoms with Crippen LogP contribution in [0, 0.1) is 0 Å². The molecule has 0 aromatic heterocycles. The van der Waals surface area contributed by atoms with Crippen LogP contribution in [0.1, 0.15) is 36.7 Å². The summed E-state index contributed by atoms with van der Waals surface area (Å²) in [4.78, 5) is 12.6. The number of anilines is 2. The fraction of sp³-hybridized carbons (Fsp3) is 0.316. The smallest absolute Gasteiger partial charge is 0.255 e. The van der Waals surface area contributed by atoms with Crippen LogP contribution in [0.15, 0.2) is 47.4 Å². The van der Waals surface area contributed by atoms with Gasteiger partial charge in [-0.25, -0.2) is 8.42 Å². The van der Waals surface area contributed by atoms with Crippen LogP contribution in [-0.2, 0) is 16.4 Å². The summed E-state index contributed by atoms with van der Waals surface area (Å²) in [6.07, 6.45) is 0.822. The molecule has 0 aliphatic carbocycles. The van der Waals surface area contributed by atoms with Gasteiger partial charge in [-0.3, -0.25) is 4.79 Å². The zero-order valence-electron chi connectivity index (χ0n) is 15.3. The van der Waals surface area contributed by atoms with E-state index in [1.54, 1.807) is 26.0 Å². The molecule has 26 heavy (non-hydrogen) atoms. The molecule has 6 nitrogen and oxygen atoms in total. The van der Waals surface area contributed by atoms with Crippen molar-refractivity contribution in [3.63, 3.8) is 0 Å². The number of carbonyl (C=O) groups is 1. The second-order valence-corrected chi connectivity index (χ2v) is 7.77. The van der Waals surface area contributed by atoms with Crippen molar-refractivity contribution in [2.45, 2.75) is 32.1 Å². The number of sulfonamides is 1. The molecule has 0 radical (unpaired) electrons. The summed E-state index contributed by atoms with van der Waals surface area (Å²) in [6, 6.07) is 11.3. The fourth-order valence-corrected chi connectivity index (χ4v) is 4.15. The summed E-state index contributed by atoms with van der Waals surface area (Å²) in [7, 11) is -3.53. The van der Waals surface area contributed by atoms with Crippen LogP contribution in [0.4, 0.5) is 11.4 Å². The van der Waals surface area contributed by atoms with Crippen LogP contribution in [-0.4, -0.2) is 31.7 Å². The van der Waals surface area contributed by atoms with Gasteiger partial charge in [-0.1, -0.05) is 26.8 Å². The lowest BCUT2D eigenvalue weighted by Gasteiger charge is -2.18. The van der Waals surface area contributed by atoms with Gasteiger partial charge in [0.25, 0.3) is 5.91 Å². The monoisotopic (exact) mass is 375 g/mol. The third-order valence-electron chi connectivity index (χ3n) is 4.24. The predicted octanol–water partition coefficient (Wildman–Crippen LogP) is 3.11. The zero-order chi connectivity index (χ0) is 19.3. The second-order valence-electron chi connectivity index (χ2n) is 5.83. The van der Waals surface area contributed by atoms with E-state index in [2.05, 4.69) is 5.32 Å². The Hall–Kier alpha value is -2.38. The number of rotatable bonds is 7. The van der Waals surface area contributed by atoms with E-state index in [0.29, 0.717) is 30.0 Å². The van der Waals surface area contributed by atoms with E-state index in [9.17, 15) is 13.2 Å². The van der Waals surface area contributed by atoms with E-state index in [1.807, 2.05) is 13.0 Å². The molecule has 2 aromatic carbocycles. The Bertz CT molecular complexity index is 873. The average Bonchev–Trinajstić information content (AvgIpc) is 2.62. The Morgan fingerprint density at radius 1 is 1.04 bits per heavy atom. The molecule has 2 rings (SSSR count). The maximum atomic E-state index is 12.5. The van der Waals surface area contributed by atoms with Crippen LogP contribution in [0.5, 0.6) is 0 Å². The Labute approximate surface area is 155 Å². The molecule has 0 fully saturated rings. The highest BCUT2D eigenvalue weighted by molar-refractivity contribution is 7.89. The number of carbonyl (C=O) groups excluding carboxylic acids is 1. The van der Waals surface area contributed by atoms with Crippen molar-refractivity contribution in [1.29, 1.82) is 0 Å². The number of hydrogen-bond acceptors (Lipinski definition) is 4. The number of benzene rings is 2. The standard InChI is InChI=1S/C19H25N3O3S/c1-4-14-7-10-16(13-18(14)20)21-19(23)15-8-11-17(12-9-15)26(24,25)22(5-2)6-3/h7-13H,4-6,20H2,1-3H3,(H,21,23). The van der Waals surface area contributed by atoms with Crippen molar-refractivity contribution in [2.24, 2.45) is 0 Å². The third kappa shape index (κ3) is 4.23. The SMILES string of the molecule is CCc1ccc(NC(=O)c2ccc(S(=O)(=O)N(CC)CC)cc2)cc1N. The van der Waals surface area contributed by atoms with E-state index in [4.69, 9.17) is 5.73 Å². The van der Waals surface area contributed by atoms with Crippen molar-refractivity contribution in [2.75, 3.05) is 24.1 Å². The highest BCUT2D eigenvalue weighted by Crippen LogP contribution is 2.20. The van der Waals surface area contributed by atoms with Gasteiger partial charge in [0.15, 0.2) is 0 Å². The lowest BCUT2D eigenvalue weighted by molar-refractivity contribution is 0.102. The molecule has 0 saturated carbocycles. The normalized spacial score (nSPS) is 11.5. The summed E-state index contributed by atoms with van der Waals surface area (Å²) in [5, 5.41) is 2.77. The predicted molar refractivity (Wildman–Crippen MR) is 105 cm³/mol. The lowest BCUT2D eigenvalue weighted by atomic mass is 10.1. The van der Waals surface area contributed by atoms with Gasteiger partial charge >= 0.3 is 0 Å². The van der Waals surface area contributed by atoms with Crippen molar-refractivity contribution in [3.05, 3.63) is 53.6 Å². The second kappa shape index (κ2) is 8.33. The summed E-state index contributed by atoms with van der Waals surface area (Å²) >= 11 is 0. The van der Waals surface area contributed by atoms with E-state index < -0.39 is 10.0 Å². The van der Waals surface area contributed by atoms with E-state index in [-0.39, 0.29) is 10.8 Å². The van der Waals surface area contributed by atoms with Gasteiger partial charge in [0, 0.05) is 30.0 Å². The minimum Gasteiger partial charge on any atom is -0.398 e. The molecule has 0 saturated heterocycles. The van der Waals surface area contributed by atoms with E-state index >= 15 is 0 Å².